The lowest BCUT2D eigenvalue weighted by Crippen LogP contribution is -2.10. The average Bonchev–Trinajstić information content (AvgIpc) is 2.48. The maximum absolute atomic E-state index is 11.7. The highest BCUT2D eigenvalue weighted by Gasteiger charge is 2.15. The van der Waals surface area contributed by atoms with E-state index in [0.29, 0.717) is 24.5 Å². The summed E-state index contributed by atoms with van der Waals surface area (Å²) in [5, 5.41) is 0. The highest BCUT2D eigenvalue weighted by Crippen LogP contribution is 2.19. The Bertz CT molecular complexity index is 582. The van der Waals surface area contributed by atoms with Gasteiger partial charge in [0, 0.05) is 5.69 Å². The van der Waals surface area contributed by atoms with Crippen molar-refractivity contribution < 1.29 is 14.3 Å². The monoisotopic (exact) mass is 271 g/mol. The topological polar surface area (TPSA) is 61.5 Å². The zero-order valence-electron chi connectivity index (χ0n) is 11.3. The summed E-state index contributed by atoms with van der Waals surface area (Å²) in [7, 11) is 1.34. The molecule has 0 aliphatic carbocycles. The van der Waals surface area contributed by atoms with E-state index in [1.54, 1.807) is 12.1 Å². The van der Waals surface area contributed by atoms with Crippen molar-refractivity contribution in [1.82, 2.24) is 0 Å². The second kappa shape index (κ2) is 6.73. The Balaban J connectivity index is 2.06. The number of benzene rings is 2. The molecule has 0 aliphatic rings. The number of carbonyl (C=O) groups excluding carboxylic acids is 1. The number of hydrogen-bond acceptors (Lipinski definition) is 4. The Kier molecular flexibility index (Phi) is 4.74. The van der Waals surface area contributed by atoms with Crippen molar-refractivity contribution in [2.24, 2.45) is 0 Å². The molecule has 0 bridgehead atoms. The Morgan fingerprint density at radius 2 is 1.80 bits per heavy atom. The van der Waals surface area contributed by atoms with Gasteiger partial charge in [-0.3, -0.25) is 0 Å². The summed E-state index contributed by atoms with van der Waals surface area (Å²) in [6.45, 7) is 0.792. The fourth-order valence-electron chi connectivity index (χ4n) is 1.94. The predicted molar refractivity (Wildman–Crippen MR) is 77.1 cm³/mol. The smallest absolute Gasteiger partial charge is 0.340 e. The number of ether oxygens (including phenoxy) is 2. The summed E-state index contributed by atoms with van der Waals surface area (Å²) < 4.78 is 10.4. The van der Waals surface area contributed by atoms with Crippen molar-refractivity contribution >= 4 is 11.7 Å². The molecule has 2 rings (SSSR count). The van der Waals surface area contributed by atoms with Crippen molar-refractivity contribution in [1.29, 1.82) is 0 Å². The molecule has 4 nitrogen and oxygen atoms in total. The first kappa shape index (κ1) is 14.1. The molecule has 0 spiro atoms. The van der Waals surface area contributed by atoms with E-state index in [1.165, 1.54) is 7.11 Å². The lowest BCUT2D eigenvalue weighted by molar-refractivity contribution is 0.0591. The lowest BCUT2D eigenvalue weighted by atomic mass is 10.1. The Morgan fingerprint density at radius 3 is 2.50 bits per heavy atom. The number of methoxy groups -OCH3 is 1. The number of hydrogen-bond donors (Lipinski definition) is 1. The molecule has 2 aromatic rings. The van der Waals surface area contributed by atoms with Crippen LogP contribution in [0.2, 0.25) is 0 Å². The molecule has 0 saturated carbocycles. The molecule has 0 saturated heterocycles. The van der Waals surface area contributed by atoms with Crippen LogP contribution in [0.25, 0.3) is 0 Å². The maximum Gasteiger partial charge on any atom is 0.340 e. The van der Waals surface area contributed by atoms with Crippen molar-refractivity contribution in [3.8, 4) is 0 Å². The van der Waals surface area contributed by atoms with Gasteiger partial charge in [-0.2, -0.15) is 0 Å². The quantitative estimate of drug-likeness (QED) is 0.671. The third-order valence-corrected chi connectivity index (χ3v) is 2.94. The molecule has 0 fully saturated rings. The van der Waals surface area contributed by atoms with Gasteiger partial charge in [0.25, 0.3) is 0 Å². The van der Waals surface area contributed by atoms with Gasteiger partial charge < -0.3 is 15.2 Å². The van der Waals surface area contributed by atoms with Gasteiger partial charge >= 0.3 is 5.97 Å². The second-order valence-electron chi connectivity index (χ2n) is 4.35. The standard InChI is InChI=1S/C16H17NO3/c1-19-16(18)15-13(8-5-9-14(15)17)11-20-10-12-6-3-2-4-7-12/h2-9H,10-11,17H2,1H3. The van der Waals surface area contributed by atoms with Crippen LogP contribution in [0.5, 0.6) is 0 Å². The first-order chi connectivity index (χ1) is 9.72. The summed E-state index contributed by atoms with van der Waals surface area (Å²) in [6.07, 6.45) is 0. The van der Waals surface area contributed by atoms with E-state index in [1.807, 2.05) is 36.4 Å². The summed E-state index contributed by atoms with van der Waals surface area (Å²) in [5.74, 6) is -0.443. The number of carbonyl (C=O) groups is 1. The van der Waals surface area contributed by atoms with Crippen LogP contribution in [0.3, 0.4) is 0 Å². The third kappa shape index (κ3) is 3.36. The van der Waals surface area contributed by atoms with Gasteiger partial charge in [0.1, 0.15) is 0 Å². The van der Waals surface area contributed by atoms with E-state index in [-0.39, 0.29) is 0 Å². The van der Waals surface area contributed by atoms with Gasteiger partial charge in [0.15, 0.2) is 0 Å². The van der Waals surface area contributed by atoms with E-state index < -0.39 is 5.97 Å². The molecule has 0 atom stereocenters. The van der Waals surface area contributed by atoms with Gasteiger partial charge in [-0.05, 0) is 17.2 Å². The molecule has 0 unspecified atom stereocenters. The van der Waals surface area contributed by atoms with E-state index >= 15 is 0 Å². The zero-order chi connectivity index (χ0) is 14.4. The average molecular weight is 271 g/mol. The number of esters is 1. The Hall–Kier alpha value is -2.33. The van der Waals surface area contributed by atoms with Crippen LogP contribution in [0.1, 0.15) is 21.5 Å². The van der Waals surface area contributed by atoms with Gasteiger partial charge in [-0.1, -0.05) is 42.5 Å². The van der Waals surface area contributed by atoms with Crippen LogP contribution in [0.4, 0.5) is 5.69 Å². The number of rotatable bonds is 5. The number of anilines is 1. The van der Waals surface area contributed by atoms with Gasteiger partial charge in [-0.15, -0.1) is 0 Å². The molecule has 2 aromatic carbocycles. The maximum atomic E-state index is 11.7. The SMILES string of the molecule is COC(=O)c1c(N)cccc1COCc1ccccc1. The highest BCUT2D eigenvalue weighted by atomic mass is 16.5. The van der Waals surface area contributed by atoms with E-state index in [2.05, 4.69) is 0 Å². The molecular formula is C16H17NO3. The largest absolute Gasteiger partial charge is 0.465 e. The Labute approximate surface area is 118 Å². The minimum absolute atomic E-state index is 0.310. The molecule has 0 amide bonds. The lowest BCUT2D eigenvalue weighted by Gasteiger charge is -2.11. The van der Waals surface area contributed by atoms with Gasteiger partial charge in [-0.25, -0.2) is 4.79 Å². The van der Waals surface area contributed by atoms with Crippen LogP contribution in [0.15, 0.2) is 48.5 Å². The Morgan fingerprint density at radius 1 is 1.05 bits per heavy atom. The van der Waals surface area contributed by atoms with Crippen molar-refractivity contribution in [2.45, 2.75) is 13.2 Å². The number of nitrogens with two attached hydrogens (primary N) is 1. The highest BCUT2D eigenvalue weighted by molar-refractivity contribution is 5.96. The predicted octanol–water partition coefficient (Wildman–Crippen LogP) is 2.77. The zero-order valence-corrected chi connectivity index (χ0v) is 11.3. The molecule has 2 N–H and O–H groups in total. The van der Waals surface area contributed by atoms with Crippen molar-refractivity contribution in [2.75, 3.05) is 12.8 Å². The van der Waals surface area contributed by atoms with E-state index in [4.69, 9.17) is 15.2 Å². The molecule has 0 aliphatic heterocycles. The van der Waals surface area contributed by atoms with Crippen molar-refractivity contribution in [3.05, 3.63) is 65.2 Å². The van der Waals surface area contributed by atoms with E-state index in [9.17, 15) is 4.79 Å². The number of nitrogen functional groups attached to an aromatic ring is 1. The fraction of sp³-hybridized carbons (Fsp3) is 0.188. The van der Waals surface area contributed by atoms with Crippen LogP contribution in [-0.4, -0.2) is 13.1 Å². The molecular weight excluding hydrogens is 254 g/mol. The van der Waals surface area contributed by atoms with Crippen molar-refractivity contribution in [3.63, 3.8) is 0 Å². The molecule has 0 aromatic heterocycles. The molecule has 4 heteroatoms. The fourth-order valence-corrected chi connectivity index (χ4v) is 1.94. The van der Waals surface area contributed by atoms with E-state index in [0.717, 1.165) is 11.1 Å². The third-order valence-electron chi connectivity index (χ3n) is 2.94. The minimum atomic E-state index is -0.443. The molecule has 0 radical (unpaired) electrons. The summed E-state index contributed by atoms with van der Waals surface area (Å²) in [4.78, 5) is 11.7. The van der Waals surface area contributed by atoms with Crippen LogP contribution in [0, 0.1) is 0 Å². The van der Waals surface area contributed by atoms with Gasteiger partial charge in [0.2, 0.25) is 0 Å². The second-order valence-corrected chi connectivity index (χ2v) is 4.35. The normalized spacial score (nSPS) is 10.2. The summed E-state index contributed by atoms with van der Waals surface area (Å²) in [6, 6.07) is 15.1. The molecule has 104 valence electrons. The molecule has 0 heterocycles. The van der Waals surface area contributed by atoms with Gasteiger partial charge in [0.05, 0.1) is 25.9 Å². The molecule has 20 heavy (non-hydrogen) atoms. The first-order valence-electron chi connectivity index (χ1n) is 6.29. The minimum Gasteiger partial charge on any atom is -0.465 e. The van der Waals surface area contributed by atoms with Crippen LogP contribution < -0.4 is 5.73 Å². The van der Waals surface area contributed by atoms with Crippen LogP contribution in [-0.2, 0) is 22.7 Å². The van der Waals surface area contributed by atoms with Crippen LogP contribution >= 0.6 is 0 Å². The summed E-state index contributed by atoms with van der Waals surface area (Å²) >= 11 is 0. The summed E-state index contributed by atoms with van der Waals surface area (Å²) in [5.41, 5.74) is 8.41. The first-order valence-corrected chi connectivity index (χ1v) is 6.29.